The Hall–Kier alpha value is -2.68. The molecule has 6 heteroatoms. The van der Waals surface area contributed by atoms with Gasteiger partial charge in [0.15, 0.2) is 5.78 Å². The Labute approximate surface area is 164 Å². The molecule has 0 spiro atoms. The molecule has 0 aliphatic carbocycles. The Morgan fingerprint density at radius 1 is 1.15 bits per heavy atom. The number of benzene rings is 2. The molecule has 27 heavy (non-hydrogen) atoms. The molecule has 140 valence electrons. The van der Waals surface area contributed by atoms with Gasteiger partial charge in [-0.1, -0.05) is 41.9 Å². The molecule has 0 aliphatic heterocycles. The highest BCUT2D eigenvalue weighted by Gasteiger charge is 2.21. The molecule has 2 aromatic carbocycles. The summed E-state index contributed by atoms with van der Waals surface area (Å²) in [5.74, 6) is -0.537. The zero-order valence-corrected chi connectivity index (χ0v) is 16.4. The van der Waals surface area contributed by atoms with Gasteiger partial charge in [0.1, 0.15) is 0 Å². The highest BCUT2D eigenvalue weighted by atomic mass is 35.5. The average Bonchev–Trinajstić information content (AvgIpc) is 2.67. The Balaban J connectivity index is 2.26. The zero-order chi connectivity index (χ0) is 20.0. The summed E-state index contributed by atoms with van der Waals surface area (Å²) in [6.07, 6.45) is 0. The largest absolute Gasteiger partial charge is 0.314 e. The van der Waals surface area contributed by atoms with E-state index >= 15 is 0 Å². The molecule has 0 radical (unpaired) electrons. The Bertz CT molecular complexity index is 861. The smallest absolute Gasteiger partial charge is 0.240 e. The monoisotopic (exact) mass is 383 g/mol. The lowest BCUT2D eigenvalue weighted by Gasteiger charge is -2.24. The summed E-state index contributed by atoms with van der Waals surface area (Å²) in [6, 6.07) is 15.9. The molecule has 0 N–H and O–H groups in total. The Kier molecular flexibility index (Phi) is 7.12. The van der Waals surface area contributed by atoms with Crippen molar-refractivity contribution in [3.05, 3.63) is 64.7 Å². The van der Waals surface area contributed by atoms with Gasteiger partial charge in [-0.2, -0.15) is 5.26 Å². The van der Waals surface area contributed by atoms with E-state index in [9.17, 15) is 9.59 Å². The van der Waals surface area contributed by atoms with Crippen molar-refractivity contribution in [3.8, 4) is 6.07 Å². The van der Waals surface area contributed by atoms with Crippen LogP contribution in [0.4, 0.5) is 5.69 Å². The van der Waals surface area contributed by atoms with Crippen LogP contribution in [0, 0.1) is 17.2 Å². The number of amides is 1. The lowest BCUT2D eigenvalue weighted by molar-refractivity contribution is -0.119. The number of likely N-dealkylation sites (N-methyl/N-ethyl adjacent to an activating group) is 2. The maximum Gasteiger partial charge on any atom is 0.240 e. The van der Waals surface area contributed by atoms with Crippen molar-refractivity contribution < 1.29 is 9.59 Å². The number of hydrogen-bond acceptors (Lipinski definition) is 4. The number of anilines is 1. The van der Waals surface area contributed by atoms with Crippen LogP contribution >= 0.6 is 11.6 Å². The van der Waals surface area contributed by atoms with Crippen molar-refractivity contribution in [1.82, 2.24) is 4.90 Å². The van der Waals surface area contributed by atoms with E-state index in [1.165, 1.54) is 4.90 Å². The van der Waals surface area contributed by atoms with Gasteiger partial charge in [-0.3, -0.25) is 14.5 Å². The first kappa shape index (κ1) is 20.6. The molecule has 0 saturated heterocycles. The number of nitrogens with zero attached hydrogens (tertiary/aromatic N) is 3. The van der Waals surface area contributed by atoms with Gasteiger partial charge >= 0.3 is 0 Å². The highest BCUT2D eigenvalue weighted by molar-refractivity contribution is 6.31. The Morgan fingerprint density at radius 3 is 2.44 bits per heavy atom. The van der Waals surface area contributed by atoms with Gasteiger partial charge in [-0.15, -0.1) is 0 Å². The van der Waals surface area contributed by atoms with Gasteiger partial charge in [0.05, 0.1) is 24.2 Å². The molecule has 0 saturated carbocycles. The predicted octanol–water partition coefficient (Wildman–Crippen LogP) is 3.63. The fraction of sp³-hybridized carbons (Fsp3) is 0.286. The quantitative estimate of drug-likeness (QED) is 0.685. The third-order valence-corrected chi connectivity index (χ3v) is 4.42. The lowest BCUT2D eigenvalue weighted by atomic mass is 10.0. The summed E-state index contributed by atoms with van der Waals surface area (Å²) in [5.41, 5.74) is 1.40. The molecule has 2 rings (SSSR count). The van der Waals surface area contributed by atoms with Crippen LogP contribution < -0.4 is 4.90 Å². The summed E-state index contributed by atoms with van der Waals surface area (Å²) < 4.78 is 0. The van der Waals surface area contributed by atoms with Gasteiger partial charge in [-0.25, -0.2) is 0 Å². The number of nitriles is 1. The molecule has 1 amide bonds. The molecule has 0 bridgehead atoms. The molecular weight excluding hydrogens is 362 g/mol. The van der Waals surface area contributed by atoms with Crippen LogP contribution in [0.1, 0.15) is 22.8 Å². The molecular formula is C21H22ClN3O2. The van der Waals surface area contributed by atoms with Gasteiger partial charge in [0, 0.05) is 29.7 Å². The minimum Gasteiger partial charge on any atom is -0.314 e. The van der Waals surface area contributed by atoms with E-state index in [-0.39, 0.29) is 24.2 Å². The summed E-state index contributed by atoms with van der Waals surface area (Å²) in [6.45, 7) is 2.44. The third-order valence-electron chi connectivity index (χ3n) is 4.19. The summed E-state index contributed by atoms with van der Waals surface area (Å²) >= 11 is 6.10. The van der Waals surface area contributed by atoms with Crippen molar-refractivity contribution >= 4 is 29.0 Å². The van der Waals surface area contributed by atoms with Crippen molar-refractivity contribution in [1.29, 1.82) is 5.26 Å². The van der Waals surface area contributed by atoms with Crippen molar-refractivity contribution in [3.63, 3.8) is 0 Å². The summed E-state index contributed by atoms with van der Waals surface area (Å²) in [7, 11) is 3.42. The second-order valence-corrected chi connectivity index (χ2v) is 6.97. The zero-order valence-electron chi connectivity index (χ0n) is 15.6. The van der Waals surface area contributed by atoms with E-state index in [0.717, 1.165) is 0 Å². The maximum absolute atomic E-state index is 12.9. The topological polar surface area (TPSA) is 64.4 Å². The molecule has 0 aromatic heterocycles. The van der Waals surface area contributed by atoms with Crippen molar-refractivity contribution in [2.24, 2.45) is 5.92 Å². The van der Waals surface area contributed by atoms with Crippen LogP contribution in [0.2, 0.25) is 5.02 Å². The predicted molar refractivity (Wildman–Crippen MR) is 107 cm³/mol. The van der Waals surface area contributed by atoms with Crippen molar-refractivity contribution in [2.75, 3.05) is 32.1 Å². The summed E-state index contributed by atoms with van der Waals surface area (Å²) in [4.78, 5) is 28.8. The van der Waals surface area contributed by atoms with Crippen molar-refractivity contribution in [2.45, 2.75) is 6.92 Å². The first-order valence-electron chi connectivity index (χ1n) is 8.57. The standard InChI is InChI=1S/C21H22ClN3O2/c1-15(12-23)13-24(2)14-20(26)25(3)19-10-9-17(22)11-18(19)21(27)16-7-5-4-6-8-16/h4-11,15H,13-14H2,1-3H3. The SMILES string of the molecule is CC(C#N)CN(C)CC(=O)N(C)c1ccc(Cl)cc1C(=O)c1ccccc1. The number of carbonyl (C=O) groups excluding carboxylic acids is 2. The van der Waals surface area contributed by atoms with E-state index in [1.54, 1.807) is 68.4 Å². The normalized spacial score (nSPS) is 11.7. The van der Waals surface area contributed by atoms with Crippen LogP contribution in [0.3, 0.4) is 0 Å². The fourth-order valence-corrected chi connectivity index (χ4v) is 2.94. The van der Waals surface area contributed by atoms with E-state index < -0.39 is 0 Å². The maximum atomic E-state index is 12.9. The highest BCUT2D eigenvalue weighted by Crippen LogP contribution is 2.26. The number of ketones is 1. The van der Waals surface area contributed by atoms with Crippen LogP contribution in [0.25, 0.3) is 0 Å². The molecule has 0 fully saturated rings. The van der Waals surface area contributed by atoms with E-state index in [1.807, 2.05) is 6.07 Å². The van der Waals surface area contributed by atoms with Crippen LogP contribution in [-0.2, 0) is 4.79 Å². The first-order chi connectivity index (χ1) is 12.8. The van der Waals surface area contributed by atoms with Gasteiger partial charge in [-0.05, 0) is 32.2 Å². The molecule has 2 aromatic rings. The van der Waals surface area contributed by atoms with Crippen LogP contribution in [-0.4, -0.2) is 43.8 Å². The van der Waals surface area contributed by atoms with Gasteiger partial charge in [0.2, 0.25) is 5.91 Å². The van der Waals surface area contributed by atoms with Crippen LogP contribution in [0.15, 0.2) is 48.5 Å². The van der Waals surface area contributed by atoms with Crippen LogP contribution in [0.5, 0.6) is 0 Å². The second-order valence-electron chi connectivity index (χ2n) is 6.54. The average molecular weight is 384 g/mol. The second kappa shape index (κ2) is 9.31. The fourth-order valence-electron chi connectivity index (χ4n) is 2.77. The van der Waals surface area contributed by atoms with E-state index in [0.29, 0.717) is 28.4 Å². The number of halogens is 1. The number of hydrogen-bond donors (Lipinski definition) is 0. The molecule has 1 unspecified atom stereocenters. The molecule has 0 heterocycles. The first-order valence-corrected chi connectivity index (χ1v) is 8.95. The van der Waals surface area contributed by atoms with E-state index in [2.05, 4.69) is 6.07 Å². The molecule has 5 nitrogen and oxygen atoms in total. The number of rotatable bonds is 7. The summed E-state index contributed by atoms with van der Waals surface area (Å²) in [5, 5.41) is 9.34. The van der Waals surface area contributed by atoms with E-state index in [4.69, 9.17) is 16.9 Å². The molecule has 1 atom stereocenters. The molecule has 0 aliphatic rings. The van der Waals surface area contributed by atoms with Gasteiger partial charge < -0.3 is 4.90 Å². The van der Waals surface area contributed by atoms with Gasteiger partial charge in [0.25, 0.3) is 0 Å². The minimum absolute atomic E-state index is 0.143. The Morgan fingerprint density at radius 2 is 1.81 bits per heavy atom. The number of carbonyl (C=O) groups is 2. The lowest BCUT2D eigenvalue weighted by Crippen LogP contribution is -2.38. The third kappa shape index (κ3) is 5.40. The minimum atomic E-state index is -0.195.